The lowest BCUT2D eigenvalue weighted by atomic mass is 10.5. The van der Waals surface area contributed by atoms with Crippen LogP contribution in [0.1, 0.15) is 34.1 Å². The number of urea groups is 1. The Morgan fingerprint density at radius 1 is 1.00 bits per heavy atom. The molecule has 0 radical (unpaired) electrons. The van der Waals surface area contributed by atoms with Crippen LogP contribution in [0.3, 0.4) is 0 Å². The van der Waals surface area contributed by atoms with E-state index in [0.717, 1.165) is 0 Å². The number of nitrogens with one attached hydrogen (secondary N) is 2. The van der Waals surface area contributed by atoms with Crippen molar-refractivity contribution in [2.45, 2.75) is 40.2 Å². The van der Waals surface area contributed by atoms with Gasteiger partial charge in [-0.05, 0) is 27.2 Å². The smallest absolute Gasteiger partial charge is 0.374 e. The minimum Gasteiger partial charge on any atom is -0.374 e. The molecule has 20 heavy (non-hydrogen) atoms. The van der Waals surface area contributed by atoms with Crippen molar-refractivity contribution in [3.8, 4) is 0 Å². The summed E-state index contributed by atoms with van der Waals surface area (Å²) in [5.41, 5.74) is 0. The SMILES string of the molecule is CCO[Si](CCCNC(=O)NC(C)=O)(OCC)OCC. The van der Waals surface area contributed by atoms with E-state index in [0.29, 0.717) is 38.8 Å². The Balaban J connectivity index is 4.18. The van der Waals surface area contributed by atoms with E-state index in [1.165, 1.54) is 6.92 Å². The molecule has 0 aliphatic heterocycles. The Morgan fingerprint density at radius 2 is 1.50 bits per heavy atom. The Morgan fingerprint density at radius 3 is 1.90 bits per heavy atom. The molecular weight excluding hydrogens is 280 g/mol. The molecular formula is C12H26N2O5Si. The van der Waals surface area contributed by atoms with E-state index < -0.39 is 14.8 Å². The Bertz CT molecular complexity index is 285. The minimum absolute atomic E-state index is 0.385. The van der Waals surface area contributed by atoms with Crippen LogP contribution in [0.4, 0.5) is 4.79 Å². The van der Waals surface area contributed by atoms with Crippen LogP contribution in [0.5, 0.6) is 0 Å². The summed E-state index contributed by atoms with van der Waals surface area (Å²) >= 11 is 0. The third-order valence-corrected chi connectivity index (χ3v) is 5.48. The average Bonchev–Trinajstić information content (AvgIpc) is 2.35. The molecule has 0 spiro atoms. The molecule has 0 aromatic rings. The Kier molecular flexibility index (Phi) is 10.3. The molecule has 0 unspecified atom stereocenters. The van der Waals surface area contributed by atoms with E-state index in [2.05, 4.69) is 10.6 Å². The molecule has 0 heterocycles. The average molecular weight is 306 g/mol. The van der Waals surface area contributed by atoms with Crippen LogP contribution in [0.25, 0.3) is 0 Å². The summed E-state index contributed by atoms with van der Waals surface area (Å²) in [7, 11) is -2.64. The standard InChI is InChI=1S/C12H26N2O5Si/c1-5-17-20(18-6-2,19-7-3)10-8-9-13-12(16)14-11(4)15/h5-10H2,1-4H3,(H2,13,14,15,16). The van der Waals surface area contributed by atoms with Gasteiger partial charge in [0.2, 0.25) is 5.91 Å². The first-order valence-corrected chi connectivity index (χ1v) is 8.90. The molecule has 0 aromatic carbocycles. The zero-order valence-electron chi connectivity index (χ0n) is 12.8. The summed E-state index contributed by atoms with van der Waals surface area (Å²) in [6.07, 6.45) is 0.664. The van der Waals surface area contributed by atoms with E-state index in [9.17, 15) is 9.59 Å². The van der Waals surface area contributed by atoms with Gasteiger partial charge in [0, 0.05) is 39.3 Å². The predicted molar refractivity (Wildman–Crippen MR) is 77.3 cm³/mol. The van der Waals surface area contributed by atoms with E-state index in [1.54, 1.807) is 0 Å². The number of hydrogen-bond acceptors (Lipinski definition) is 5. The number of carbonyl (C=O) groups is 2. The van der Waals surface area contributed by atoms with Gasteiger partial charge in [0.1, 0.15) is 0 Å². The van der Waals surface area contributed by atoms with Crippen LogP contribution in [-0.2, 0) is 18.1 Å². The first kappa shape index (κ1) is 19.0. The molecule has 0 saturated carbocycles. The van der Waals surface area contributed by atoms with E-state index >= 15 is 0 Å². The molecule has 118 valence electrons. The number of hydrogen-bond donors (Lipinski definition) is 2. The van der Waals surface area contributed by atoms with Crippen molar-refractivity contribution in [2.75, 3.05) is 26.4 Å². The number of rotatable bonds is 10. The summed E-state index contributed by atoms with van der Waals surface area (Å²) in [5, 5.41) is 4.74. The highest BCUT2D eigenvalue weighted by Gasteiger charge is 2.39. The molecule has 0 aliphatic rings. The van der Waals surface area contributed by atoms with Gasteiger partial charge in [-0.25, -0.2) is 4.79 Å². The normalized spacial score (nSPS) is 11.2. The second-order valence-corrected chi connectivity index (χ2v) is 6.75. The number of carbonyl (C=O) groups excluding carboxylic acids is 2. The molecule has 0 rings (SSSR count). The summed E-state index contributed by atoms with van der Waals surface area (Å²) in [6.45, 7) is 9.02. The molecule has 0 fully saturated rings. The highest BCUT2D eigenvalue weighted by Crippen LogP contribution is 2.17. The molecule has 0 saturated heterocycles. The molecule has 0 aliphatic carbocycles. The largest absolute Gasteiger partial charge is 0.500 e. The van der Waals surface area contributed by atoms with E-state index in [4.69, 9.17) is 13.3 Å². The maximum absolute atomic E-state index is 11.2. The van der Waals surface area contributed by atoms with Crippen LogP contribution in [-0.4, -0.2) is 47.1 Å². The van der Waals surface area contributed by atoms with Gasteiger partial charge in [-0.2, -0.15) is 0 Å². The summed E-state index contributed by atoms with van der Waals surface area (Å²) in [4.78, 5) is 21.9. The number of amides is 3. The fourth-order valence-corrected chi connectivity index (χ4v) is 4.32. The van der Waals surface area contributed by atoms with Gasteiger partial charge < -0.3 is 18.6 Å². The topological polar surface area (TPSA) is 85.9 Å². The minimum atomic E-state index is -2.64. The van der Waals surface area contributed by atoms with Crippen molar-refractivity contribution in [3.63, 3.8) is 0 Å². The van der Waals surface area contributed by atoms with Crippen LogP contribution in [0.15, 0.2) is 0 Å². The van der Waals surface area contributed by atoms with Crippen LogP contribution >= 0.6 is 0 Å². The molecule has 3 amide bonds. The fraction of sp³-hybridized carbons (Fsp3) is 0.833. The first-order valence-electron chi connectivity index (χ1n) is 6.97. The van der Waals surface area contributed by atoms with Crippen molar-refractivity contribution in [1.82, 2.24) is 10.6 Å². The van der Waals surface area contributed by atoms with Crippen molar-refractivity contribution >= 4 is 20.7 Å². The highest BCUT2D eigenvalue weighted by atomic mass is 28.4. The van der Waals surface area contributed by atoms with Crippen molar-refractivity contribution < 1.29 is 22.9 Å². The monoisotopic (exact) mass is 306 g/mol. The lowest BCUT2D eigenvalue weighted by molar-refractivity contribution is -0.117. The van der Waals surface area contributed by atoms with Gasteiger partial charge in [0.15, 0.2) is 0 Å². The predicted octanol–water partition coefficient (Wildman–Crippen LogP) is 1.27. The highest BCUT2D eigenvalue weighted by molar-refractivity contribution is 6.60. The Hall–Kier alpha value is -0.963. The van der Waals surface area contributed by atoms with Crippen LogP contribution in [0.2, 0.25) is 6.04 Å². The van der Waals surface area contributed by atoms with Crippen molar-refractivity contribution in [1.29, 1.82) is 0 Å². The fourth-order valence-electron chi connectivity index (χ4n) is 1.71. The molecule has 0 aromatic heterocycles. The summed E-state index contributed by atoms with van der Waals surface area (Å²) in [5.74, 6) is -0.385. The zero-order valence-corrected chi connectivity index (χ0v) is 13.8. The lowest BCUT2D eigenvalue weighted by Gasteiger charge is -2.28. The van der Waals surface area contributed by atoms with Crippen LogP contribution < -0.4 is 10.6 Å². The van der Waals surface area contributed by atoms with Gasteiger partial charge in [-0.3, -0.25) is 10.1 Å². The van der Waals surface area contributed by atoms with Gasteiger partial charge in [-0.15, -0.1) is 0 Å². The first-order chi connectivity index (χ1) is 9.49. The quantitative estimate of drug-likeness (QED) is 0.469. The van der Waals surface area contributed by atoms with Gasteiger partial charge >= 0.3 is 14.8 Å². The van der Waals surface area contributed by atoms with E-state index in [-0.39, 0.29) is 5.91 Å². The molecule has 8 heteroatoms. The summed E-state index contributed by atoms with van der Waals surface area (Å²) < 4.78 is 17.1. The zero-order chi connectivity index (χ0) is 15.4. The van der Waals surface area contributed by atoms with E-state index in [1.807, 2.05) is 20.8 Å². The second kappa shape index (κ2) is 10.8. The van der Waals surface area contributed by atoms with Crippen LogP contribution in [0, 0.1) is 0 Å². The third-order valence-electron chi connectivity index (χ3n) is 2.33. The third kappa shape index (κ3) is 8.26. The maximum Gasteiger partial charge on any atom is 0.500 e. The lowest BCUT2D eigenvalue weighted by Crippen LogP contribution is -2.46. The van der Waals surface area contributed by atoms with Gasteiger partial charge in [0.05, 0.1) is 0 Å². The van der Waals surface area contributed by atoms with Gasteiger partial charge in [0.25, 0.3) is 0 Å². The summed E-state index contributed by atoms with van der Waals surface area (Å²) in [6, 6.07) is 0.136. The van der Waals surface area contributed by atoms with Gasteiger partial charge in [-0.1, -0.05) is 0 Å². The number of imide groups is 1. The molecule has 7 nitrogen and oxygen atoms in total. The van der Waals surface area contributed by atoms with Crippen molar-refractivity contribution in [3.05, 3.63) is 0 Å². The maximum atomic E-state index is 11.2. The molecule has 2 N–H and O–H groups in total. The Labute approximate surface area is 121 Å². The van der Waals surface area contributed by atoms with Crippen molar-refractivity contribution in [2.24, 2.45) is 0 Å². The molecule has 0 bridgehead atoms. The molecule has 0 atom stereocenters. The second-order valence-electron chi connectivity index (χ2n) is 4.02.